The lowest BCUT2D eigenvalue weighted by Crippen LogP contribution is -2.14. The van der Waals surface area contributed by atoms with Crippen LogP contribution in [0, 0.1) is 5.82 Å². The van der Waals surface area contributed by atoms with E-state index in [-0.39, 0.29) is 5.82 Å². The van der Waals surface area contributed by atoms with Crippen molar-refractivity contribution in [1.29, 1.82) is 0 Å². The average Bonchev–Trinajstić information content (AvgIpc) is 2.26. The number of hydrogen-bond acceptors (Lipinski definition) is 2. The van der Waals surface area contributed by atoms with Gasteiger partial charge in [0.25, 0.3) is 0 Å². The van der Waals surface area contributed by atoms with Crippen LogP contribution in [0.3, 0.4) is 0 Å². The van der Waals surface area contributed by atoms with Gasteiger partial charge in [-0.25, -0.2) is 4.39 Å². The van der Waals surface area contributed by atoms with Gasteiger partial charge < -0.3 is 5.32 Å². The van der Waals surface area contributed by atoms with Crippen molar-refractivity contribution in [2.75, 3.05) is 18.6 Å². The van der Waals surface area contributed by atoms with Crippen LogP contribution in [0.5, 0.6) is 0 Å². The van der Waals surface area contributed by atoms with Crippen LogP contribution < -0.4 is 5.32 Å². The van der Waals surface area contributed by atoms with Gasteiger partial charge in [-0.05, 0) is 49.1 Å². The monoisotopic (exact) mass is 227 g/mol. The van der Waals surface area contributed by atoms with Gasteiger partial charge in [0.05, 0.1) is 0 Å². The number of rotatable bonds is 7. The zero-order valence-electron chi connectivity index (χ0n) is 9.13. The van der Waals surface area contributed by atoms with Gasteiger partial charge in [-0.1, -0.05) is 12.1 Å². The van der Waals surface area contributed by atoms with Crippen LogP contribution in [0.25, 0.3) is 0 Å². The zero-order valence-corrected chi connectivity index (χ0v) is 9.95. The molecule has 0 radical (unpaired) electrons. The molecule has 0 saturated heterocycles. The molecule has 1 rings (SSSR count). The first-order valence-electron chi connectivity index (χ1n) is 5.27. The summed E-state index contributed by atoms with van der Waals surface area (Å²) in [5.74, 6) is 1.07. The van der Waals surface area contributed by atoms with E-state index in [0.717, 1.165) is 18.7 Å². The Labute approximate surface area is 95.5 Å². The number of unbranched alkanes of at least 4 members (excludes halogenated alkanes) is 1. The minimum absolute atomic E-state index is 0.168. The molecule has 0 aliphatic rings. The molecule has 84 valence electrons. The highest BCUT2D eigenvalue weighted by Crippen LogP contribution is 2.02. The molecule has 0 saturated carbocycles. The second kappa shape index (κ2) is 7.71. The molecule has 15 heavy (non-hydrogen) atoms. The summed E-state index contributed by atoms with van der Waals surface area (Å²) in [5.41, 5.74) is 1.14. The van der Waals surface area contributed by atoms with E-state index in [1.54, 1.807) is 0 Å². The molecule has 1 aromatic rings. The lowest BCUT2D eigenvalue weighted by atomic mass is 10.2. The van der Waals surface area contributed by atoms with Gasteiger partial charge in [-0.2, -0.15) is 11.8 Å². The molecule has 1 nitrogen and oxygen atoms in total. The molecule has 0 amide bonds. The maximum absolute atomic E-state index is 12.6. The summed E-state index contributed by atoms with van der Waals surface area (Å²) < 4.78 is 12.6. The predicted molar refractivity (Wildman–Crippen MR) is 65.7 cm³/mol. The van der Waals surface area contributed by atoms with E-state index >= 15 is 0 Å². The van der Waals surface area contributed by atoms with Crippen LogP contribution in [-0.2, 0) is 6.54 Å². The first kappa shape index (κ1) is 12.5. The average molecular weight is 227 g/mol. The van der Waals surface area contributed by atoms with Crippen molar-refractivity contribution < 1.29 is 4.39 Å². The Morgan fingerprint density at radius 2 is 1.93 bits per heavy atom. The van der Waals surface area contributed by atoms with Crippen molar-refractivity contribution in [1.82, 2.24) is 5.32 Å². The largest absolute Gasteiger partial charge is 0.313 e. The molecule has 1 N–H and O–H groups in total. The number of halogens is 1. The lowest BCUT2D eigenvalue weighted by Gasteiger charge is -2.04. The van der Waals surface area contributed by atoms with E-state index in [2.05, 4.69) is 11.6 Å². The fourth-order valence-corrected chi connectivity index (χ4v) is 1.82. The lowest BCUT2D eigenvalue weighted by molar-refractivity contribution is 0.621. The third-order valence-electron chi connectivity index (χ3n) is 2.19. The molecule has 0 aromatic heterocycles. The Kier molecular flexibility index (Phi) is 6.44. The highest BCUT2D eigenvalue weighted by molar-refractivity contribution is 7.98. The summed E-state index contributed by atoms with van der Waals surface area (Å²) in [6.07, 6.45) is 4.60. The first-order valence-corrected chi connectivity index (χ1v) is 6.66. The normalized spacial score (nSPS) is 10.5. The Balaban J connectivity index is 2.07. The third kappa shape index (κ3) is 5.80. The number of benzene rings is 1. The molecular weight excluding hydrogens is 209 g/mol. The van der Waals surface area contributed by atoms with Crippen LogP contribution in [0.4, 0.5) is 4.39 Å². The minimum atomic E-state index is -0.168. The molecular formula is C12H18FNS. The molecule has 0 bridgehead atoms. The molecule has 1 aromatic carbocycles. The third-order valence-corrected chi connectivity index (χ3v) is 2.89. The molecule has 0 atom stereocenters. The molecule has 0 heterocycles. The number of nitrogens with one attached hydrogen (secondary N) is 1. The molecule has 0 fully saturated rings. The van der Waals surface area contributed by atoms with Crippen molar-refractivity contribution in [3.05, 3.63) is 35.6 Å². The fourth-order valence-electron chi connectivity index (χ4n) is 1.33. The summed E-state index contributed by atoms with van der Waals surface area (Å²) in [7, 11) is 0. The van der Waals surface area contributed by atoms with Crippen molar-refractivity contribution in [2.45, 2.75) is 19.4 Å². The van der Waals surface area contributed by atoms with Crippen LogP contribution in [0.1, 0.15) is 18.4 Å². The second-order valence-corrected chi connectivity index (χ2v) is 4.49. The topological polar surface area (TPSA) is 12.0 Å². The van der Waals surface area contributed by atoms with E-state index < -0.39 is 0 Å². The molecule has 0 aliphatic carbocycles. The van der Waals surface area contributed by atoms with Crippen LogP contribution in [-0.4, -0.2) is 18.6 Å². The number of thioether (sulfide) groups is 1. The quantitative estimate of drug-likeness (QED) is 0.718. The maximum atomic E-state index is 12.6. The fraction of sp³-hybridized carbons (Fsp3) is 0.500. The van der Waals surface area contributed by atoms with Crippen molar-refractivity contribution >= 4 is 11.8 Å². The summed E-state index contributed by atoms with van der Waals surface area (Å²) in [4.78, 5) is 0. The number of hydrogen-bond donors (Lipinski definition) is 1. The van der Waals surface area contributed by atoms with Gasteiger partial charge in [-0.15, -0.1) is 0 Å². The Morgan fingerprint density at radius 3 is 2.60 bits per heavy atom. The van der Waals surface area contributed by atoms with Gasteiger partial charge in [0.1, 0.15) is 5.82 Å². The highest BCUT2D eigenvalue weighted by Gasteiger charge is 1.93. The van der Waals surface area contributed by atoms with Gasteiger partial charge >= 0.3 is 0 Å². The summed E-state index contributed by atoms with van der Waals surface area (Å²) in [6.45, 7) is 1.87. The van der Waals surface area contributed by atoms with Gasteiger partial charge in [-0.3, -0.25) is 0 Å². The Hall–Kier alpha value is -0.540. The maximum Gasteiger partial charge on any atom is 0.123 e. The van der Waals surface area contributed by atoms with Gasteiger partial charge in [0, 0.05) is 6.54 Å². The molecule has 0 aliphatic heterocycles. The van der Waals surface area contributed by atoms with Crippen molar-refractivity contribution in [3.63, 3.8) is 0 Å². The van der Waals surface area contributed by atoms with Crippen molar-refractivity contribution in [2.24, 2.45) is 0 Å². The van der Waals surface area contributed by atoms with Crippen LogP contribution in [0.2, 0.25) is 0 Å². The standard InChI is InChI=1S/C12H18FNS/c1-15-9-3-2-8-14-10-11-4-6-12(13)7-5-11/h4-7,14H,2-3,8-10H2,1H3. The highest BCUT2D eigenvalue weighted by atomic mass is 32.2. The van der Waals surface area contributed by atoms with E-state index in [9.17, 15) is 4.39 Å². The molecule has 3 heteroatoms. The molecule has 0 spiro atoms. The van der Waals surface area contributed by atoms with Crippen molar-refractivity contribution in [3.8, 4) is 0 Å². The SMILES string of the molecule is CSCCCCNCc1ccc(F)cc1. The van der Waals surface area contributed by atoms with Crippen LogP contribution >= 0.6 is 11.8 Å². The zero-order chi connectivity index (χ0) is 10.9. The summed E-state index contributed by atoms with van der Waals surface area (Å²) >= 11 is 1.89. The predicted octanol–water partition coefficient (Wildman–Crippen LogP) is 3.06. The van der Waals surface area contributed by atoms with E-state index in [1.165, 1.54) is 30.7 Å². The summed E-state index contributed by atoms with van der Waals surface area (Å²) in [6, 6.07) is 6.66. The Morgan fingerprint density at radius 1 is 1.20 bits per heavy atom. The van der Waals surface area contributed by atoms with E-state index in [1.807, 2.05) is 23.9 Å². The minimum Gasteiger partial charge on any atom is -0.313 e. The second-order valence-electron chi connectivity index (χ2n) is 3.50. The first-order chi connectivity index (χ1) is 7.33. The summed E-state index contributed by atoms with van der Waals surface area (Å²) in [5, 5.41) is 3.35. The molecule has 0 unspecified atom stereocenters. The van der Waals surface area contributed by atoms with Gasteiger partial charge in [0.2, 0.25) is 0 Å². The smallest absolute Gasteiger partial charge is 0.123 e. The van der Waals surface area contributed by atoms with Gasteiger partial charge in [0.15, 0.2) is 0 Å². The Bertz CT molecular complexity index is 261. The van der Waals surface area contributed by atoms with Crippen LogP contribution in [0.15, 0.2) is 24.3 Å². The van der Waals surface area contributed by atoms with E-state index in [0.29, 0.717) is 0 Å². The van der Waals surface area contributed by atoms with E-state index in [4.69, 9.17) is 0 Å².